The highest BCUT2D eigenvalue weighted by molar-refractivity contribution is 6.06. The van der Waals surface area contributed by atoms with Crippen LogP contribution in [0.4, 0.5) is 5.82 Å². The number of nitrogens with one attached hydrogen (secondary N) is 1. The van der Waals surface area contributed by atoms with Crippen molar-refractivity contribution in [3.8, 4) is 6.07 Å². The number of imide groups is 1. The van der Waals surface area contributed by atoms with Gasteiger partial charge in [0.15, 0.2) is 5.82 Å². The van der Waals surface area contributed by atoms with Gasteiger partial charge in [-0.3, -0.25) is 14.9 Å². The van der Waals surface area contributed by atoms with Crippen LogP contribution in [-0.4, -0.2) is 34.1 Å². The van der Waals surface area contributed by atoms with Crippen molar-refractivity contribution in [1.82, 2.24) is 15.5 Å². The highest BCUT2D eigenvalue weighted by atomic mass is 16.2. The molecule has 92 valence electrons. The molecule has 0 bridgehead atoms. The smallest absolute Gasteiger partial charge is 0.251 e. The van der Waals surface area contributed by atoms with Crippen molar-refractivity contribution in [2.75, 3.05) is 11.4 Å². The monoisotopic (exact) mass is 245 g/mol. The van der Waals surface area contributed by atoms with E-state index in [9.17, 15) is 9.59 Å². The molecule has 2 heterocycles. The maximum Gasteiger partial charge on any atom is 0.251 e. The molecule has 0 aliphatic carbocycles. The number of hydrogen-bond donors (Lipinski definition) is 1. The van der Waals surface area contributed by atoms with Gasteiger partial charge in [-0.25, -0.2) is 0 Å². The van der Waals surface area contributed by atoms with Crippen molar-refractivity contribution < 1.29 is 9.59 Å². The second kappa shape index (κ2) is 4.07. The van der Waals surface area contributed by atoms with Crippen LogP contribution in [-0.2, 0) is 9.59 Å². The number of rotatable bonds is 1. The van der Waals surface area contributed by atoms with Gasteiger partial charge in [0.2, 0.25) is 5.91 Å². The Bertz CT molecular complexity index is 561. The van der Waals surface area contributed by atoms with E-state index in [2.05, 4.69) is 15.5 Å². The number of hydrogen-bond acceptors (Lipinski definition) is 6. The lowest BCUT2D eigenvalue weighted by atomic mass is 9.98. The van der Waals surface area contributed by atoms with Crippen LogP contribution in [0.5, 0.6) is 0 Å². The lowest BCUT2D eigenvalue weighted by molar-refractivity contribution is -0.135. The Hall–Kier alpha value is -2.49. The summed E-state index contributed by atoms with van der Waals surface area (Å²) in [6, 6.07) is 3.47. The first-order valence-corrected chi connectivity index (χ1v) is 5.30. The Balaban J connectivity index is 2.51. The first-order valence-electron chi connectivity index (χ1n) is 5.30. The Morgan fingerprint density at radius 3 is 2.89 bits per heavy atom. The zero-order valence-electron chi connectivity index (χ0n) is 9.97. The van der Waals surface area contributed by atoms with Gasteiger partial charge in [0.25, 0.3) is 5.91 Å². The van der Waals surface area contributed by atoms with E-state index in [1.54, 1.807) is 13.8 Å². The molecule has 1 aromatic rings. The van der Waals surface area contributed by atoms with E-state index >= 15 is 0 Å². The molecule has 2 amide bonds. The molecule has 0 radical (unpaired) electrons. The van der Waals surface area contributed by atoms with Gasteiger partial charge < -0.3 is 4.90 Å². The summed E-state index contributed by atoms with van der Waals surface area (Å²) in [5, 5.41) is 18.8. The summed E-state index contributed by atoms with van der Waals surface area (Å²) in [6.45, 7) is 3.28. The topological polar surface area (TPSA) is 99.0 Å². The third kappa shape index (κ3) is 1.78. The molecule has 1 aliphatic heterocycles. The molecule has 7 heteroatoms. The molecule has 7 nitrogen and oxygen atoms in total. The van der Waals surface area contributed by atoms with Gasteiger partial charge in [0.1, 0.15) is 11.6 Å². The quantitative estimate of drug-likeness (QED) is 0.675. The number of aromatic nitrogens is 2. The van der Waals surface area contributed by atoms with Crippen LogP contribution >= 0.6 is 0 Å². The Morgan fingerprint density at radius 2 is 2.22 bits per heavy atom. The number of anilines is 1. The Kier molecular flexibility index (Phi) is 2.71. The van der Waals surface area contributed by atoms with Crippen molar-refractivity contribution >= 4 is 17.6 Å². The highest BCUT2D eigenvalue weighted by Gasteiger charge is 2.42. The summed E-state index contributed by atoms with van der Waals surface area (Å²) in [5.41, 5.74) is -0.684. The summed E-state index contributed by atoms with van der Waals surface area (Å²) in [6.07, 6.45) is 1.39. The van der Waals surface area contributed by atoms with Crippen LogP contribution in [0.1, 0.15) is 19.4 Å². The maximum absolute atomic E-state index is 11.8. The van der Waals surface area contributed by atoms with Gasteiger partial charge in [0, 0.05) is 0 Å². The summed E-state index contributed by atoms with van der Waals surface area (Å²) < 4.78 is 0. The summed E-state index contributed by atoms with van der Waals surface area (Å²) in [5.74, 6) is -0.602. The lowest BCUT2D eigenvalue weighted by Gasteiger charge is -2.40. The highest BCUT2D eigenvalue weighted by Crippen LogP contribution is 2.26. The lowest BCUT2D eigenvalue weighted by Crippen LogP contribution is -2.64. The third-order valence-corrected chi connectivity index (χ3v) is 2.86. The van der Waals surface area contributed by atoms with Crippen LogP contribution in [0.15, 0.2) is 12.3 Å². The molecular weight excluding hydrogens is 234 g/mol. The number of nitrogens with zero attached hydrogens (tertiary/aromatic N) is 4. The predicted molar refractivity (Wildman–Crippen MR) is 61.3 cm³/mol. The molecule has 1 aromatic heterocycles. The van der Waals surface area contributed by atoms with Crippen molar-refractivity contribution in [2.24, 2.45) is 0 Å². The van der Waals surface area contributed by atoms with Gasteiger partial charge in [-0.05, 0) is 19.9 Å². The van der Waals surface area contributed by atoms with Gasteiger partial charge >= 0.3 is 0 Å². The number of piperazine rings is 1. The number of carbonyl (C=O) groups is 2. The first kappa shape index (κ1) is 12.0. The maximum atomic E-state index is 11.8. The molecule has 1 saturated heterocycles. The van der Waals surface area contributed by atoms with E-state index in [0.717, 1.165) is 0 Å². The normalized spacial score (nSPS) is 18.2. The van der Waals surface area contributed by atoms with E-state index in [4.69, 9.17) is 5.26 Å². The third-order valence-electron chi connectivity index (χ3n) is 2.86. The molecule has 1 aliphatic rings. The van der Waals surface area contributed by atoms with Gasteiger partial charge in [0.05, 0.1) is 18.3 Å². The summed E-state index contributed by atoms with van der Waals surface area (Å²) >= 11 is 0. The largest absolute Gasteiger partial charge is 0.331 e. The average molecular weight is 245 g/mol. The number of amides is 2. The molecule has 0 aromatic carbocycles. The van der Waals surface area contributed by atoms with Crippen LogP contribution < -0.4 is 10.2 Å². The molecule has 0 spiro atoms. The Labute approximate surface area is 103 Å². The molecule has 1 N–H and O–H groups in total. The van der Waals surface area contributed by atoms with Crippen molar-refractivity contribution in [2.45, 2.75) is 19.4 Å². The second-order valence-electron chi connectivity index (χ2n) is 4.40. The fraction of sp³-hybridized carbons (Fsp3) is 0.364. The number of nitriles is 1. The minimum atomic E-state index is -0.963. The van der Waals surface area contributed by atoms with E-state index in [-0.39, 0.29) is 17.9 Å². The molecule has 2 rings (SSSR count). The van der Waals surface area contributed by atoms with Gasteiger partial charge in [-0.1, -0.05) is 0 Å². The first-order chi connectivity index (χ1) is 8.46. The fourth-order valence-electron chi connectivity index (χ4n) is 1.73. The van der Waals surface area contributed by atoms with E-state index in [0.29, 0.717) is 0 Å². The molecular formula is C11H11N5O2. The van der Waals surface area contributed by atoms with Crippen molar-refractivity contribution in [3.63, 3.8) is 0 Å². The van der Waals surface area contributed by atoms with Gasteiger partial charge in [-0.2, -0.15) is 10.4 Å². The SMILES string of the molecule is CC1(C)C(=O)NC(=O)CN1c1nnccc1C#N. The summed E-state index contributed by atoms with van der Waals surface area (Å²) in [7, 11) is 0. The minimum absolute atomic E-state index is 0.0356. The Morgan fingerprint density at radius 1 is 1.50 bits per heavy atom. The predicted octanol–water partition coefficient (Wildman–Crippen LogP) is -0.410. The molecule has 0 saturated carbocycles. The van der Waals surface area contributed by atoms with E-state index in [1.165, 1.54) is 17.2 Å². The van der Waals surface area contributed by atoms with Gasteiger partial charge in [-0.15, -0.1) is 5.10 Å². The second-order valence-corrected chi connectivity index (χ2v) is 4.40. The summed E-state index contributed by atoms with van der Waals surface area (Å²) in [4.78, 5) is 24.7. The van der Waals surface area contributed by atoms with Crippen LogP contribution in [0, 0.1) is 11.3 Å². The molecule has 0 atom stereocenters. The van der Waals surface area contributed by atoms with E-state index < -0.39 is 17.4 Å². The zero-order chi connectivity index (χ0) is 13.3. The molecule has 1 fully saturated rings. The standard InChI is InChI=1S/C11H11N5O2/c1-11(2)10(18)14-8(17)6-16(11)9-7(5-12)3-4-13-15-9/h3-4H,6H2,1-2H3,(H,14,17,18). The number of carbonyl (C=O) groups excluding carboxylic acids is 2. The van der Waals surface area contributed by atoms with Crippen LogP contribution in [0.25, 0.3) is 0 Å². The molecule has 0 unspecified atom stereocenters. The molecule has 18 heavy (non-hydrogen) atoms. The van der Waals surface area contributed by atoms with Crippen LogP contribution in [0.3, 0.4) is 0 Å². The zero-order valence-corrected chi connectivity index (χ0v) is 9.97. The van der Waals surface area contributed by atoms with Crippen molar-refractivity contribution in [1.29, 1.82) is 5.26 Å². The van der Waals surface area contributed by atoms with Crippen LogP contribution in [0.2, 0.25) is 0 Å². The fourth-order valence-corrected chi connectivity index (χ4v) is 1.73. The van der Waals surface area contributed by atoms with E-state index in [1.807, 2.05) is 6.07 Å². The van der Waals surface area contributed by atoms with Crippen molar-refractivity contribution in [3.05, 3.63) is 17.8 Å². The average Bonchev–Trinajstić information content (AvgIpc) is 2.34. The minimum Gasteiger partial charge on any atom is -0.331 e.